The summed E-state index contributed by atoms with van der Waals surface area (Å²) in [6.45, 7) is 2.28. The summed E-state index contributed by atoms with van der Waals surface area (Å²) >= 11 is 0. The van der Waals surface area contributed by atoms with E-state index in [1.165, 1.54) is 44.9 Å². The first-order valence-electron chi connectivity index (χ1n) is 8.69. The largest absolute Gasteiger partial charge is 0.497 e. The highest BCUT2D eigenvalue weighted by atomic mass is 16.5. The van der Waals surface area contributed by atoms with E-state index in [-0.39, 0.29) is 5.91 Å². The number of rotatable bonds is 5. The minimum atomic E-state index is 0.196. The van der Waals surface area contributed by atoms with E-state index in [4.69, 9.17) is 4.74 Å². The van der Waals surface area contributed by atoms with Crippen LogP contribution in [0.5, 0.6) is 5.75 Å². The molecular formula is C19H27NO2. The number of ether oxygens (including phenoxy) is 1. The summed E-state index contributed by atoms with van der Waals surface area (Å²) in [7, 11) is 1.65. The van der Waals surface area contributed by atoms with E-state index in [1.807, 2.05) is 24.3 Å². The van der Waals surface area contributed by atoms with E-state index < -0.39 is 0 Å². The van der Waals surface area contributed by atoms with E-state index in [2.05, 4.69) is 11.8 Å². The summed E-state index contributed by atoms with van der Waals surface area (Å²) in [5.74, 6) is 1.82. The van der Waals surface area contributed by atoms with E-state index in [0.717, 1.165) is 17.2 Å². The van der Waals surface area contributed by atoms with Crippen molar-refractivity contribution in [1.82, 2.24) is 4.90 Å². The predicted octanol–water partition coefficient (Wildman–Crippen LogP) is 4.27. The third-order valence-corrected chi connectivity index (χ3v) is 5.28. The quantitative estimate of drug-likeness (QED) is 0.813. The van der Waals surface area contributed by atoms with Crippen molar-refractivity contribution in [2.45, 2.75) is 64.0 Å². The highest BCUT2D eigenvalue weighted by molar-refractivity contribution is 5.95. The van der Waals surface area contributed by atoms with Gasteiger partial charge in [-0.1, -0.05) is 19.4 Å². The van der Waals surface area contributed by atoms with Crippen molar-refractivity contribution >= 4 is 5.91 Å². The highest BCUT2D eigenvalue weighted by Gasteiger charge is 2.39. The van der Waals surface area contributed by atoms with Crippen LogP contribution < -0.4 is 4.74 Å². The van der Waals surface area contributed by atoms with Gasteiger partial charge >= 0.3 is 0 Å². The Morgan fingerprint density at radius 2 is 1.77 bits per heavy atom. The van der Waals surface area contributed by atoms with Crippen molar-refractivity contribution in [2.75, 3.05) is 7.11 Å². The van der Waals surface area contributed by atoms with Crippen LogP contribution in [0.4, 0.5) is 0 Å². The molecule has 0 unspecified atom stereocenters. The first-order chi connectivity index (χ1) is 10.7. The van der Waals surface area contributed by atoms with E-state index in [9.17, 15) is 4.79 Å². The second kappa shape index (κ2) is 6.72. The predicted molar refractivity (Wildman–Crippen MR) is 88.2 cm³/mol. The van der Waals surface area contributed by atoms with Crippen molar-refractivity contribution in [1.29, 1.82) is 0 Å². The lowest BCUT2D eigenvalue weighted by Crippen LogP contribution is -2.43. The van der Waals surface area contributed by atoms with E-state index >= 15 is 0 Å². The second-order valence-electron chi connectivity index (χ2n) is 6.76. The lowest BCUT2D eigenvalue weighted by molar-refractivity contribution is 0.0587. The summed E-state index contributed by atoms with van der Waals surface area (Å²) in [4.78, 5) is 15.2. The fraction of sp³-hybridized carbons (Fsp3) is 0.632. The van der Waals surface area contributed by atoms with Gasteiger partial charge in [0.2, 0.25) is 0 Å². The maximum absolute atomic E-state index is 13.0. The number of benzene rings is 1. The molecule has 0 radical (unpaired) electrons. The summed E-state index contributed by atoms with van der Waals surface area (Å²) in [5.41, 5.74) is 0.767. The first-order valence-corrected chi connectivity index (χ1v) is 8.69. The van der Waals surface area contributed by atoms with Gasteiger partial charge in [0.25, 0.3) is 5.91 Å². The van der Waals surface area contributed by atoms with Crippen molar-refractivity contribution in [3.05, 3.63) is 29.8 Å². The van der Waals surface area contributed by atoms with Gasteiger partial charge in [-0.2, -0.15) is 0 Å². The zero-order chi connectivity index (χ0) is 15.5. The van der Waals surface area contributed by atoms with Crippen LogP contribution in [0.2, 0.25) is 0 Å². The monoisotopic (exact) mass is 301 g/mol. The number of nitrogens with zero attached hydrogens (tertiary/aromatic N) is 1. The van der Waals surface area contributed by atoms with Crippen LogP contribution in [-0.2, 0) is 0 Å². The molecule has 2 aliphatic rings. The fourth-order valence-corrected chi connectivity index (χ4v) is 3.72. The molecule has 0 bridgehead atoms. The standard InChI is InChI=1S/C19H27NO2/c1-3-14-7-9-16(10-8-14)20(17-11-12-17)19(21)15-5-4-6-18(13-15)22-2/h4-6,13-14,16-17H,3,7-12H2,1-2H3. The number of hydrogen-bond donors (Lipinski definition) is 0. The van der Waals surface area contributed by atoms with Gasteiger partial charge < -0.3 is 9.64 Å². The van der Waals surface area contributed by atoms with Crippen LogP contribution >= 0.6 is 0 Å². The lowest BCUT2D eigenvalue weighted by Gasteiger charge is -2.37. The Bertz CT molecular complexity index is 516. The van der Waals surface area contributed by atoms with Crippen LogP contribution in [0.3, 0.4) is 0 Å². The minimum Gasteiger partial charge on any atom is -0.497 e. The summed E-state index contributed by atoms with van der Waals surface area (Å²) in [5, 5.41) is 0. The molecule has 2 aliphatic carbocycles. The maximum Gasteiger partial charge on any atom is 0.254 e. The first kappa shape index (κ1) is 15.4. The molecule has 0 saturated heterocycles. The van der Waals surface area contributed by atoms with Crippen molar-refractivity contribution in [3.8, 4) is 5.75 Å². The van der Waals surface area contributed by atoms with Gasteiger partial charge in [-0.25, -0.2) is 0 Å². The van der Waals surface area contributed by atoms with Crippen molar-refractivity contribution < 1.29 is 9.53 Å². The van der Waals surface area contributed by atoms with Crippen molar-refractivity contribution in [2.24, 2.45) is 5.92 Å². The molecule has 1 aromatic carbocycles. The molecule has 0 N–H and O–H groups in total. The molecule has 3 nitrogen and oxygen atoms in total. The third kappa shape index (κ3) is 3.29. The molecule has 0 atom stereocenters. The van der Waals surface area contributed by atoms with Crippen LogP contribution in [0.15, 0.2) is 24.3 Å². The molecule has 1 aromatic rings. The average Bonchev–Trinajstić information content (AvgIpc) is 3.40. The molecular weight excluding hydrogens is 274 g/mol. The van der Waals surface area contributed by atoms with Gasteiger partial charge in [-0.3, -0.25) is 4.79 Å². The molecule has 0 aromatic heterocycles. The SMILES string of the molecule is CCC1CCC(N(C(=O)c2cccc(OC)c2)C2CC2)CC1. The molecule has 2 fully saturated rings. The number of carbonyl (C=O) groups excluding carboxylic acids is 1. The maximum atomic E-state index is 13.0. The normalized spacial score (nSPS) is 24.8. The van der Waals surface area contributed by atoms with Gasteiger partial charge in [0.05, 0.1) is 7.11 Å². The molecule has 1 amide bonds. The van der Waals surface area contributed by atoms with Gasteiger partial charge in [-0.15, -0.1) is 0 Å². The minimum absolute atomic E-state index is 0.196. The lowest BCUT2D eigenvalue weighted by atomic mass is 9.83. The Labute approximate surface area is 133 Å². The topological polar surface area (TPSA) is 29.5 Å². The molecule has 3 heteroatoms. The Hall–Kier alpha value is -1.51. The molecule has 120 valence electrons. The second-order valence-corrected chi connectivity index (χ2v) is 6.76. The van der Waals surface area contributed by atoms with E-state index in [0.29, 0.717) is 12.1 Å². The fourth-order valence-electron chi connectivity index (χ4n) is 3.72. The number of methoxy groups -OCH3 is 1. The molecule has 2 saturated carbocycles. The van der Waals surface area contributed by atoms with Crippen LogP contribution in [0, 0.1) is 5.92 Å². The highest BCUT2D eigenvalue weighted by Crippen LogP contribution is 2.37. The number of amides is 1. The Balaban J connectivity index is 1.74. The van der Waals surface area contributed by atoms with Crippen LogP contribution in [0.1, 0.15) is 62.2 Å². The van der Waals surface area contributed by atoms with Gasteiger partial charge in [0.1, 0.15) is 5.75 Å². The Morgan fingerprint density at radius 1 is 1.14 bits per heavy atom. The van der Waals surface area contributed by atoms with Gasteiger partial charge in [-0.05, 0) is 62.6 Å². The number of carbonyl (C=O) groups is 1. The Morgan fingerprint density at radius 3 is 2.32 bits per heavy atom. The molecule has 0 spiro atoms. The van der Waals surface area contributed by atoms with Crippen LogP contribution in [0.25, 0.3) is 0 Å². The molecule has 3 rings (SSSR count). The number of hydrogen-bond acceptors (Lipinski definition) is 2. The smallest absolute Gasteiger partial charge is 0.254 e. The summed E-state index contributed by atoms with van der Waals surface area (Å²) < 4.78 is 5.26. The molecule has 22 heavy (non-hydrogen) atoms. The average molecular weight is 301 g/mol. The van der Waals surface area contributed by atoms with Crippen LogP contribution in [-0.4, -0.2) is 30.0 Å². The third-order valence-electron chi connectivity index (χ3n) is 5.28. The Kier molecular flexibility index (Phi) is 4.70. The van der Waals surface area contributed by atoms with Crippen molar-refractivity contribution in [3.63, 3.8) is 0 Å². The zero-order valence-electron chi connectivity index (χ0n) is 13.8. The van der Waals surface area contributed by atoms with Gasteiger partial charge in [0, 0.05) is 17.6 Å². The van der Waals surface area contributed by atoms with Gasteiger partial charge in [0.15, 0.2) is 0 Å². The summed E-state index contributed by atoms with van der Waals surface area (Å²) in [6.07, 6.45) is 8.51. The molecule has 0 heterocycles. The van der Waals surface area contributed by atoms with E-state index in [1.54, 1.807) is 7.11 Å². The zero-order valence-corrected chi connectivity index (χ0v) is 13.8. The summed E-state index contributed by atoms with van der Waals surface area (Å²) in [6, 6.07) is 8.50. The molecule has 0 aliphatic heterocycles.